The Morgan fingerprint density at radius 1 is 1.00 bits per heavy atom. The quantitative estimate of drug-likeness (QED) is 0.475. The number of hydrogen-bond donors (Lipinski definition) is 3. The molecule has 0 saturated carbocycles. The Balaban J connectivity index is 3.46. The Labute approximate surface area is 128 Å². The van der Waals surface area contributed by atoms with Gasteiger partial charge in [0.05, 0.1) is 0 Å². The lowest BCUT2D eigenvalue weighted by Gasteiger charge is -2.19. The minimum absolute atomic E-state index is 0.405. The van der Waals surface area contributed by atoms with E-state index in [-0.39, 0.29) is 0 Å². The van der Waals surface area contributed by atoms with Crippen molar-refractivity contribution in [3.63, 3.8) is 0 Å². The van der Waals surface area contributed by atoms with Gasteiger partial charge in [-0.3, -0.25) is 0 Å². The normalized spacial score (nSPS) is 10.8. The van der Waals surface area contributed by atoms with Crippen LogP contribution in [0.4, 0.5) is 4.79 Å². The maximum Gasteiger partial charge on any atom is 0.407 e. The molecule has 0 radical (unpaired) electrons. The number of hydrogen-bond acceptors (Lipinski definition) is 3. The highest BCUT2D eigenvalue weighted by Crippen LogP contribution is 2.05. The summed E-state index contributed by atoms with van der Waals surface area (Å²) in [6, 6.07) is 0. The lowest BCUT2D eigenvalue weighted by atomic mass is 10.2. The van der Waals surface area contributed by atoms with Crippen molar-refractivity contribution in [2.75, 3.05) is 19.6 Å². The van der Waals surface area contributed by atoms with Gasteiger partial charge < -0.3 is 20.7 Å². The van der Waals surface area contributed by atoms with Crippen LogP contribution in [-0.4, -0.2) is 36.4 Å². The summed E-state index contributed by atoms with van der Waals surface area (Å²) in [5.41, 5.74) is -0.465. The molecule has 0 saturated heterocycles. The molecule has 20 heavy (non-hydrogen) atoms. The molecule has 3 N–H and O–H groups in total. The van der Waals surface area contributed by atoms with Crippen molar-refractivity contribution in [3.8, 4) is 0 Å². The largest absolute Gasteiger partial charge is 0.444 e. The molecular formula is C14H29N3O2S. The first-order chi connectivity index (χ1) is 9.35. The fourth-order valence-corrected chi connectivity index (χ4v) is 1.68. The van der Waals surface area contributed by atoms with E-state index in [0.717, 1.165) is 13.0 Å². The molecular weight excluding hydrogens is 274 g/mol. The molecule has 1 amide bonds. The molecule has 0 aliphatic heterocycles. The van der Waals surface area contributed by atoms with Gasteiger partial charge in [-0.25, -0.2) is 4.79 Å². The average Bonchev–Trinajstić information content (AvgIpc) is 2.32. The fraction of sp³-hybridized carbons (Fsp3) is 0.857. The van der Waals surface area contributed by atoms with Gasteiger partial charge in [-0.1, -0.05) is 26.2 Å². The SMILES string of the molecule is CCCCCCNC(=S)NCCNC(=O)OC(C)(C)C. The molecule has 0 aromatic carbocycles. The van der Waals surface area contributed by atoms with E-state index in [1.807, 2.05) is 20.8 Å². The van der Waals surface area contributed by atoms with Crippen LogP contribution in [0, 0.1) is 0 Å². The third-order valence-corrected chi connectivity index (χ3v) is 2.68. The first kappa shape index (κ1) is 19.0. The van der Waals surface area contributed by atoms with Gasteiger partial charge in [0.15, 0.2) is 5.11 Å². The first-order valence-corrected chi connectivity index (χ1v) is 7.74. The number of carbonyl (C=O) groups is 1. The van der Waals surface area contributed by atoms with E-state index in [9.17, 15) is 4.79 Å². The van der Waals surface area contributed by atoms with Crippen molar-refractivity contribution >= 4 is 23.4 Å². The molecule has 5 nitrogen and oxygen atoms in total. The molecule has 0 unspecified atom stereocenters. The summed E-state index contributed by atoms with van der Waals surface area (Å²) in [7, 11) is 0. The summed E-state index contributed by atoms with van der Waals surface area (Å²) >= 11 is 5.13. The predicted molar refractivity (Wildman–Crippen MR) is 87.0 cm³/mol. The third kappa shape index (κ3) is 13.4. The zero-order chi connectivity index (χ0) is 15.4. The summed E-state index contributed by atoms with van der Waals surface area (Å²) in [4.78, 5) is 11.4. The van der Waals surface area contributed by atoms with Crippen LogP contribution in [0.2, 0.25) is 0 Å². The highest BCUT2D eigenvalue weighted by atomic mass is 32.1. The van der Waals surface area contributed by atoms with Crippen molar-refractivity contribution in [1.29, 1.82) is 0 Å². The smallest absolute Gasteiger partial charge is 0.407 e. The fourth-order valence-electron chi connectivity index (χ4n) is 1.47. The van der Waals surface area contributed by atoms with Gasteiger partial charge >= 0.3 is 6.09 Å². The Morgan fingerprint density at radius 2 is 1.60 bits per heavy atom. The summed E-state index contributed by atoms with van der Waals surface area (Å²) in [6.07, 6.45) is 4.46. The van der Waals surface area contributed by atoms with Gasteiger partial charge in [0.1, 0.15) is 5.60 Å². The van der Waals surface area contributed by atoms with E-state index in [2.05, 4.69) is 22.9 Å². The number of amides is 1. The van der Waals surface area contributed by atoms with Crippen molar-refractivity contribution in [3.05, 3.63) is 0 Å². The predicted octanol–water partition coefficient (Wildman–Crippen LogP) is 2.56. The molecule has 0 aliphatic rings. The lowest BCUT2D eigenvalue weighted by molar-refractivity contribution is 0.0529. The minimum Gasteiger partial charge on any atom is -0.444 e. The van der Waals surface area contributed by atoms with Gasteiger partial charge in [0.25, 0.3) is 0 Å². The van der Waals surface area contributed by atoms with E-state index < -0.39 is 11.7 Å². The van der Waals surface area contributed by atoms with Gasteiger partial charge in [0, 0.05) is 19.6 Å². The molecule has 0 heterocycles. The molecule has 0 bridgehead atoms. The van der Waals surface area contributed by atoms with E-state index >= 15 is 0 Å². The second-order valence-corrected chi connectivity index (χ2v) is 6.08. The second kappa shape index (κ2) is 10.7. The van der Waals surface area contributed by atoms with Gasteiger partial charge in [-0.2, -0.15) is 0 Å². The van der Waals surface area contributed by atoms with Crippen molar-refractivity contribution in [2.45, 2.75) is 59.0 Å². The van der Waals surface area contributed by atoms with Gasteiger partial charge in [0.2, 0.25) is 0 Å². The van der Waals surface area contributed by atoms with Crippen LogP contribution in [0.25, 0.3) is 0 Å². The second-order valence-electron chi connectivity index (χ2n) is 5.67. The van der Waals surface area contributed by atoms with Crippen LogP contribution < -0.4 is 16.0 Å². The molecule has 0 aromatic heterocycles. The van der Waals surface area contributed by atoms with E-state index in [1.54, 1.807) is 0 Å². The highest BCUT2D eigenvalue weighted by molar-refractivity contribution is 7.80. The van der Waals surface area contributed by atoms with E-state index in [1.165, 1.54) is 19.3 Å². The topological polar surface area (TPSA) is 62.4 Å². The molecule has 0 rings (SSSR count). The van der Waals surface area contributed by atoms with Crippen LogP contribution in [0.1, 0.15) is 53.4 Å². The third-order valence-electron chi connectivity index (χ3n) is 2.39. The molecule has 0 aromatic rings. The van der Waals surface area contributed by atoms with Crippen LogP contribution >= 0.6 is 12.2 Å². The number of nitrogens with one attached hydrogen (secondary N) is 3. The summed E-state index contributed by atoms with van der Waals surface area (Å²) in [5.74, 6) is 0. The average molecular weight is 303 g/mol. The number of unbranched alkanes of at least 4 members (excludes halogenated alkanes) is 3. The number of thiocarbonyl (C=S) groups is 1. The van der Waals surface area contributed by atoms with Crippen LogP contribution in [-0.2, 0) is 4.74 Å². The zero-order valence-electron chi connectivity index (χ0n) is 13.2. The Kier molecular flexibility index (Phi) is 10.2. The van der Waals surface area contributed by atoms with Crippen LogP contribution in [0.5, 0.6) is 0 Å². The Morgan fingerprint density at radius 3 is 2.20 bits per heavy atom. The standard InChI is InChI=1S/C14H29N3O2S/c1-5-6-7-8-9-15-12(20)16-10-11-17-13(18)19-14(2,3)4/h5-11H2,1-4H3,(H,17,18)(H2,15,16,20). The number of ether oxygens (including phenoxy) is 1. The zero-order valence-corrected chi connectivity index (χ0v) is 14.0. The Hall–Kier alpha value is -1.04. The maximum absolute atomic E-state index is 11.4. The minimum atomic E-state index is -0.465. The molecule has 0 aliphatic carbocycles. The summed E-state index contributed by atoms with van der Waals surface area (Å²) in [5, 5.41) is 9.49. The van der Waals surface area contributed by atoms with Crippen molar-refractivity contribution in [1.82, 2.24) is 16.0 Å². The molecule has 6 heteroatoms. The van der Waals surface area contributed by atoms with Gasteiger partial charge in [-0.05, 0) is 39.4 Å². The highest BCUT2D eigenvalue weighted by Gasteiger charge is 2.15. The first-order valence-electron chi connectivity index (χ1n) is 7.33. The van der Waals surface area contributed by atoms with Crippen molar-refractivity contribution < 1.29 is 9.53 Å². The van der Waals surface area contributed by atoms with Gasteiger partial charge in [-0.15, -0.1) is 0 Å². The van der Waals surface area contributed by atoms with Crippen molar-refractivity contribution in [2.24, 2.45) is 0 Å². The van der Waals surface area contributed by atoms with Crippen LogP contribution in [0.3, 0.4) is 0 Å². The summed E-state index contributed by atoms with van der Waals surface area (Å²) in [6.45, 7) is 9.66. The number of rotatable bonds is 8. The van der Waals surface area contributed by atoms with E-state index in [4.69, 9.17) is 17.0 Å². The Bertz CT molecular complexity index is 291. The lowest BCUT2D eigenvalue weighted by Crippen LogP contribution is -2.41. The molecule has 0 spiro atoms. The maximum atomic E-state index is 11.4. The number of alkyl carbamates (subject to hydrolysis) is 1. The molecule has 118 valence electrons. The molecule has 0 fully saturated rings. The number of carbonyl (C=O) groups excluding carboxylic acids is 1. The monoisotopic (exact) mass is 303 g/mol. The summed E-state index contributed by atoms with van der Waals surface area (Å²) < 4.78 is 5.12. The molecule has 0 atom stereocenters. The van der Waals surface area contributed by atoms with Crippen LogP contribution in [0.15, 0.2) is 0 Å². The van der Waals surface area contributed by atoms with E-state index in [0.29, 0.717) is 18.2 Å².